The molecule has 1 aromatic carbocycles. The van der Waals surface area contributed by atoms with Gasteiger partial charge < -0.3 is 13.7 Å². The van der Waals surface area contributed by atoms with E-state index in [1.54, 1.807) is 0 Å². The third-order valence-corrected chi connectivity index (χ3v) is 4.10. The first kappa shape index (κ1) is 13.1. The van der Waals surface area contributed by atoms with Crippen LogP contribution < -0.4 is 10.7 Å². The Morgan fingerprint density at radius 1 is 1.27 bits per heavy atom. The molecule has 0 bridgehead atoms. The van der Waals surface area contributed by atoms with Crippen LogP contribution in [0.2, 0.25) is 0 Å². The molecule has 7 nitrogen and oxygen atoms in total. The average molecular weight is 300 g/mol. The van der Waals surface area contributed by atoms with Crippen molar-refractivity contribution in [3.8, 4) is 0 Å². The van der Waals surface area contributed by atoms with Gasteiger partial charge in [0.2, 0.25) is 5.89 Å². The van der Waals surface area contributed by atoms with Crippen LogP contribution in [0.1, 0.15) is 30.2 Å². The number of rotatable bonds is 2. The average Bonchev–Trinajstić information content (AvgIpc) is 3.13. The number of hydrogen-bond acceptors (Lipinski definition) is 6. The van der Waals surface area contributed by atoms with Gasteiger partial charge in [0.05, 0.1) is 0 Å². The Kier molecular flexibility index (Phi) is 2.99. The molecule has 3 aromatic rings. The van der Waals surface area contributed by atoms with E-state index in [9.17, 15) is 4.79 Å². The highest BCUT2D eigenvalue weighted by Crippen LogP contribution is 2.30. The summed E-state index contributed by atoms with van der Waals surface area (Å²) in [5.74, 6) is 0.173. The Bertz CT molecular complexity index is 855. The van der Waals surface area contributed by atoms with Crippen LogP contribution in [0.3, 0.4) is 0 Å². The van der Waals surface area contributed by atoms with Crippen LogP contribution in [-0.2, 0) is 0 Å². The predicted octanol–water partition coefficient (Wildman–Crippen LogP) is 2.20. The number of fused-ring (bicyclic) bond motifs is 1. The van der Waals surface area contributed by atoms with E-state index in [4.69, 9.17) is 8.83 Å². The number of hydrogen-bond donors (Lipinski definition) is 1. The van der Waals surface area contributed by atoms with Gasteiger partial charge in [-0.3, -0.25) is 0 Å². The van der Waals surface area contributed by atoms with Crippen LogP contribution in [0.4, 0.5) is 6.01 Å². The molecule has 0 radical (unpaired) electrons. The van der Waals surface area contributed by atoms with Crippen molar-refractivity contribution in [2.45, 2.75) is 25.7 Å². The molecule has 0 saturated carbocycles. The highest BCUT2D eigenvalue weighted by molar-refractivity contribution is 5.75. The van der Waals surface area contributed by atoms with E-state index in [0.29, 0.717) is 11.9 Å². The molecule has 1 fully saturated rings. The monoisotopic (exact) mass is 300 g/mol. The summed E-state index contributed by atoms with van der Waals surface area (Å²) in [6.07, 6.45) is 1.71. The topological polar surface area (TPSA) is 88.2 Å². The van der Waals surface area contributed by atoms with Gasteiger partial charge in [-0.25, -0.2) is 9.89 Å². The van der Waals surface area contributed by atoms with Gasteiger partial charge in [-0.2, -0.15) is 4.98 Å². The molecule has 1 aliphatic heterocycles. The number of anilines is 1. The number of aromatic amines is 1. The minimum atomic E-state index is -0.494. The number of aryl methyl sites for hydroxylation is 1. The molecule has 1 aliphatic rings. The Balaban J connectivity index is 1.51. The SMILES string of the molecule is Cc1ccc2oc(N3CCC(c4n[nH]c(=O)o4)CC3)nc2c1. The lowest BCUT2D eigenvalue weighted by Crippen LogP contribution is -2.33. The van der Waals surface area contributed by atoms with Crippen LogP contribution in [-0.4, -0.2) is 28.3 Å². The zero-order valence-corrected chi connectivity index (χ0v) is 12.2. The lowest BCUT2D eigenvalue weighted by molar-refractivity contribution is 0.373. The zero-order chi connectivity index (χ0) is 15.1. The molecule has 2 aromatic heterocycles. The summed E-state index contributed by atoms with van der Waals surface area (Å²) >= 11 is 0. The van der Waals surface area contributed by atoms with E-state index in [0.717, 1.165) is 37.0 Å². The molecule has 3 heterocycles. The first-order chi connectivity index (χ1) is 10.7. The molecule has 7 heteroatoms. The highest BCUT2D eigenvalue weighted by Gasteiger charge is 2.26. The van der Waals surface area contributed by atoms with Crippen LogP contribution in [0.25, 0.3) is 11.1 Å². The maximum absolute atomic E-state index is 11.0. The fourth-order valence-electron chi connectivity index (χ4n) is 2.89. The molecule has 114 valence electrons. The molecule has 0 spiro atoms. The summed E-state index contributed by atoms with van der Waals surface area (Å²) in [5, 5.41) is 6.24. The predicted molar refractivity (Wildman–Crippen MR) is 80.1 cm³/mol. The summed E-state index contributed by atoms with van der Waals surface area (Å²) in [6, 6.07) is 6.64. The first-order valence-electron chi connectivity index (χ1n) is 7.36. The van der Waals surface area contributed by atoms with Gasteiger partial charge in [0, 0.05) is 19.0 Å². The maximum atomic E-state index is 11.0. The van der Waals surface area contributed by atoms with Gasteiger partial charge in [-0.1, -0.05) is 6.07 Å². The van der Waals surface area contributed by atoms with Crippen molar-refractivity contribution in [1.29, 1.82) is 0 Å². The highest BCUT2D eigenvalue weighted by atomic mass is 16.4. The van der Waals surface area contributed by atoms with Gasteiger partial charge in [-0.15, -0.1) is 5.10 Å². The van der Waals surface area contributed by atoms with Crippen LogP contribution in [0, 0.1) is 6.92 Å². The third-order valence-electron chi connectivity index (χ3n) is 4.10. The van der Waals surface area contributed by atoms with Gasteiger partial charge >= 0.3 is 5.76 Å². The largest absolute Gasteiger partial charge is 0.434 e. The van der Waals surface area contributed by atoms with E-state index in [2.05, 4.69) is 20.1 Å². The van der Waals surface area contributed by atoms with Crippen molar-refractivity contribution >= 4 is 17.1 Å². The Morgan fingerprint density at radius 3 is 2.82 bits per heavy atom. The standard InChI is InChI=1S/C15H16N4O3/c1-9-2-3-12-11(8-9)16-14(21-12)19-6-4-10(5-7-19)13-17-18-15(20)22-13/h2-3,8,10H,4-7H2,1H3,(H,18,20). The van der Waals surface area contributed by atoms with Crippen molar-refractivity contribution in [3.05, 3.63) is 40.2 Å². The molecule has 4 rings (SSSR count). The van der Waals surface area contributed by atoms with E-state index in [-0.39, 0.29) is 5.92 Å². The lowest BCUT2D eigenvalue weighted by atomic mass is 9.97. The Morgan fingerprint density at radius 2 is 2.09 bits per heavy atom. The number of aromatic nitrogens is 3. The number of nitrogens with one attached hydrogen (secondary N) is 1. The lowest BCUT2D eigenvalue weighted by Gasteiger charge is -2.28. The quantitative estimate of drug-likeness (QED) is 0.780. The second-order valence-electron chi connectivity index (χ2n) is 5.68. The first-order valence-corrected chi connectivity index (χ1v) is 7.36. The van der Waals surface area contributed by atoms with E-state index in [1.807, 2.05) is 25.1 Å². The molecule has 1 saturated heterocycles. The Hall–Kier alpha value is -2.57. The van der Waals surface area contributed by atoms with Gasteiger partial charge in [-0.05, 0) is 37.5 Å². The van der Waals surface area contributed by atoms with E-state index >= 15 is 0 Å². The molecule has 0 atom stereocenters. The van der Waals surface area contributed by atoms with Crippen molar-refractivity contribution in [1.82, 2.24) is 15.2 Å². The minimum Gasteiger partial charge on any atom is -0.423 e. The summed E-state index contributed by atoms with van der Waals surface area (Å²) in [6.45, 7) is 3.64. The van der Waals surface area contributed by atoms with E-state index < -0.39 is 5.76 Å². The third kappa shape index (κ3) is 2.28. The second-order valence-corrected chi connectivity index (χ2v) is 5.68. The second kappa shape index (κ2) is 5.01. The molecule has 0 unspecified atom stereocenters. The van der Waals surface area contributed by atoms with Crippen molar-refractivity contribution in [2.75, 3.05) is 18.0 Å². The normalized spacial score (nSPS) is 16.5. The van der Waals surface area contributed by atoms with Gasteiger partial charge in [0.15, 0.2) is 5.58 Å². The van der Waals surface area contributed by atoms with Crippen LogP contribution in [0.15, 0.2) is 31.8 Å². The number of benzene rings is 1. The summed E-state index contributed by atoms with van der Waals surface area (Å²) < 4.78 is 10.9. The van der Waals surface area contributed by atoms with Crippen LogP contribution >= 0.6 is 0 Å². The molecule has 22 heavy (non-hydrogen) atoms. The van der Waals surface area contributed by atoms with Crippen molar-refractivity contribution in [2.24, 2.45) is 0 Å². The minimum absolute atomic E-state index is 0.168. The summed E-state index contributed by atoms with van der Waals surface area (Å²) in [7, 11) is 0. The molecule has 0 aliphatic carbocycles. The summed E-state index contributed by atoms with van der Waals surface area (Å²) in [4.78, 5) is 17.7. The van der Waals surface area contributed by atoms with Crippen LogP contribution in [0.5, 0.6) is 0 Å². The van der Waals surface area contributed by atoms with Gasteiger partial charge in [0.1, 0.15) is 5.52 Å². The van der Waals surface area contributed by atoms with Crippen molar-refractivity contribution in [3.63, 3.8) is 0 Å². The number of H-pyrrole nitrogens is 1. The van der Waals surface area contributed by atoms with Crippen molar-refractivity contribution < 1.29 is 8.83 Å². The molecule has 1 N–H and O–H groups in total. The maximum Gasteiger partial charge on any atom is 0.434 e. The molecular weight excluding hydrogens is 284 g/mol. The molecule has 0 amide bonds. The number of piperidine rings is 1. The number of oxazole rings is 1. The smallest absolute Gasteiger partial charge is 0.423 e. The fraction of sp³-hybridized carbons (Fsp3) is 0.400. The fourth-order valence-corrected chi connectivity index (χ4v) is 2.89. The number of nitrogens with zero attached hydrogens (tertiary/aromatic N) is 3. The van der Waals surface area contributed by atoms with E-state index in [1.165, 1.54) is 5.56 Å². The van der Waals surface area contributed by atoms with Gasteiger partial charge in [0.25, 0.3) is 6.01 Å². The Labute approximate surface area is 125 Å². The molecular formula is C15H16N4O3. The zero-order valence-electron chi connectivity index (χ0n) is 12.2. The summed E-state index contributed by atoms with van der Waals surface area (Å²) in [5.41, 5.74) is 2.86.